The zero-order valence-corrected chi connectivity index (χ0v) is 13.8. The molecule has 2 N–H and O–H groups in total. The van der Waals surface area contributed by atoms with Crippen LogP contribution in [0.5, 0.6) is 0 Å². The Labute approximate surface area is 143 Å². The van der Waals surface area contributed by atoms with Gasteiger partial charge in [0.25, 0.3) is 11.5 Å². The molecule has 0 spiro atoms. The number of likely N-dealkylation sites (tertiary alicyclic amines) is 1. The van der Waals surface area contributed by atoms with Crippen molar-refractivity contribution in [3.8, 4) is 0 Å². The number of nitrogens with zero attached hydrogens (tertiary/aromatic N) is 3. The number of imidazole rings is 1. The molecule has 132 valence electrons. The molecule has 1 saturated heterocycles. The number of hydrogen-bond acceptors (Lipinski definition) is 6. The van der Waals surface area contributed by atoms with E-state index < -0.39 is 5.97 Å². The molecule has 2 aromatic rings. The molecule has 3 heterocycles. The van der Waals surface area contributed by atoms with E-state index in [0.29, 0.717) is 18.8 Å². The lowest BCUT2D eigenvalue weighted by molar-refractivity contribution is 0.0510. The van der Waals surface area contributed by atoms with E-state index in [1.165, 1.54) is 18.7 Å². The van der Waals surface area contributed by atoms with E-state index in [9.17, 15) is 14.4 Å². The van der Waals surface area contributed by atoms with Crippen molar-refractivity contribution in [3.63, 3.8) is 0 Å². The van der Waals surface area contributed by atoms with Crippen LogP contribution in [-0.2, 0) is 4.74 Å². The highest BCUT2D eigenvalue weighted by Crippen LogP contribution is 2.25. The Hall–Kier alpha value is -2.97. The number of ether oxygens (including phenoxy) is 1. The number of piperidine rings is 1. The third-order valence-electron chi connectivity index (χ3n) is 4.15. The van der Waals surface area contributed by atoms with E-state index >= 15 is 0 Å². The van der Waals surface area contributed by atoms with E-state index in [-0.39, 0.29) is 35.4 Å². The SMILES string of the molecule is CCOC(=O)c1[nH]cnc1C(=O)N1CCC[C@@H](c2cc(=O)[nH]cn2)C1. The Balaban J connectivity index is 1.78. The summed E-state index contributed by atoms with van der Waals surface area (Å²) >= 11 is 0. The number of carbonyl (C=O) groups is 2. The molecule has 1 amide bonds. The Morgan fingerprint density at radius 3 is 2.88 bits per heavy atom. The molecular formula is C16H19N5O4. The van der Waals surface area contributed by atoms with Gasteiger partial charge in [-0.15, -0.1) is 0 Å². The molecule has 0 unspecified atom stereocenters. The van der Waals surface area contributed by atoms with Crippen LogP contribution >= 0.6 is 0 Å². The Morgan fingerprint density at radius 2 is 2.12 bits per heavy atom. The van der Waals surface area contributed by atoms with Crippen LogP contribution in [0.25, 0.3) is 0 Å². The second kappa shape index (κ2) is 7.29. The van der Waals surface area contributed by atoms with E-state index in [1.54, 1.807) is 11.8 Å². The van der Waals surface area contributed by atoms with Gasteiger partial charge < -0.3 is 19.6 Å². The van der Waals surface area contributed by atoms with Gasteiger partial charge in [0.2, 0.25) is 0 Å². The number of aromatic amines is 2. The van der Waals surface area contributed by atoms with Gasteiger partial charge in [-0.05, 0) is 19.8 Å². The predicted octanol–water partition coefficient (Wildman–Crippen LogP) is 0.690. The van der Waals surface area contributed by atoms with Crippen molar-refractivity contribution in [1.82, 2.24) is 24.8 Å². The van der Waals surface area contributed by atoms with E-state index in [2.05, 4.69) is 19.9 Å². The summed E-state index contributed by atoms with van der Waals surface area (Å²) < 4.78 is 4.94. The van der Waals surface area contributed by atoms with Gasteiger partial charge in [0.1, 0.15) is 0 Å². The first kappa shape index (κ1) is 16.9. The van der Waals surface area contributed by atoms with Gasteiger partial charge in [-0.25, -0.2) is 14.8 Å². The normalized spacial score (nSPS) is 17.3. The summed E-state index contributed by atoms with van der Waals surface area (Å²) in [5, 5.41) is 0. The van der Waals surface area contributed by atoms with Gasteiger partial charge in [-0.2, -0.15) is 0 Å². The molecule has 0 radical (unpaired) electrons. The predicted molar refractivity (Wildman–Crippen MR) is 87.3 cm³/mol. The Bertz CT molecular complexity index is 828. The molecule has 0 aromatic carbocycles. The summed E-state index contributed by atoms with van der Waals surface area (Å²) in [6.45, 7) is 2.89. The Kier molecular flexibility index (Phi) is 4.92. The molecule has 9 nitrogen and oxygen atoms in total. The summed E-state index contributed by atoms with van der Waals surface area (Å²) in [6.07, 6.45) is 4.29. The monoisotopic (exact) mass is 345 g/mol. The number of amides is 1. The van der Waals surface area contributed by atoms with Gasteiger partial charge in [0.05, 0.1) is 25.0 Å². The number of H-pyrrole nitrogens is 2. The Morgan fingerprint density at radius 1 is 1.32 bits per heavy atom. The van der Waals surface area contributed by atoms with E-state index in [1.807, 2.05) is 0 Å². The molecule has 0 aliphatic carbocycles. The maximum Gasteiger partial charge on any atom is 0.357 e. The number of carbonyl (C=O) groups excluding carboxylic acids is 2. The lowest BCUT2D eigenvalue weighted by atomic mass is 9.94. The lowest BCUT2D eigenvalue weighted by Gasteiger charge is -2.32. The first-order valence-corrected chi connectivity index (χ1v) is 8.14. The average molecular weight is 345 g/mol. The van der Waals surface area contributed by atoms with Crippen LogP contribution in [0.3, 0.4) is 0 Å². The van der Waals surface area contributed by atoms with Crippen molar-refractivity contribution in [2.45, 2.75) is 25.7 Å². The zero-order valence-electron chi connectivity index (χ0n) is 13.8. The highest BCUT2D eigenvalue weighted by Gasteiger charge is 2.30. The third-order valence-corrected chi connectivity index (χ3v) is 4.15. The van der Waals surface area contributed by atoms with Crippen LogP contribution in [0.4, 0.5) is 0 Å². The molecule has 1 fully saturated rings. The highest BCUT2D eigenvalue weighted by molar-refractivity contribution is 6.02. The van der Waals surface area contributed by atoms with Crippen LogP contribution in [0.1, 0.15) is 52.4 Å². The largest absolute Gasteiger partial charge is 0.461 e. The van der Waals surface area contributed by atoms with Crippen molar-refractivity contribution < 1.29 is 14.3 Å². The van der Waals surface area contributed by atoms with Gasteiger partial charge in [-0.3, -0.25) is 9.59 Å². The van der Waals surface area contributed by atoms with Gasteiger partial charge >= 0.3 is 5.97 Å². The summed E-state index contributed by atoms with van der Waals surface area (Å²) in [5.74, 6) is -0.961. The zero-order chi connectivity index (χ0) is 17.8. The number of nitrogens with one attached hydrogen (secondary N) is 2. The molecular weight excluding hydrogens is 326 g/mol. The topological polar surface area (TPSA) is 121 Å². The highest BCUT2D eigenvalue weighted by atomic mass is 16.5. The van der Waals surface area contributed by atoms with Crippen molar-refractivity contribution in [2.75, 3.05) is 19.7 Å². The lowest BCUT2D eigenvalue weighted by Crippen LogP contribution is -2.40. The van der Waals surface area contributed by atoms with Crippen LogP contribution in [0, 0.1) is 0 Å². The second-order valence-corrected chi connectivity index (χ2v) is 5.77. The van der Waals surface area contributed by atoms with E-state index in [4.69, 9.17) is 4.74 Å². The maximum atomic E-state index is 12.8. The summed E-state index contributed by atoms with van der Waals surface area (Å²) in [5.41, 5.74) is 0.556. The van der Waals surface area contributed by atoms with E-state index in [0.717, 1.165) is 12.8 Å². The number of esters is 1. The quantitative estimate of drug-likeness (QED) is 0.786. The summed E-state index contributed by atoms with van der Waals surface area (Å²) in [4.78, 5) is 51.2. The summed E-state index contributed by atoms with van der Waals surface area (Å²) in [6, 6.07) is 1.46. The van der Waals surface area contributed by atoms with Crippen molar-refractivity contribution in [1.29, 1.82) is 0 Å². The average Bonchev–Trinajstić information content (AvgIpc) is 3.11. The molecule has 3 rings (SSSR count). The number of aromatic nitrogens is 4. The number of hydrogen-bond donors (Lipinski definition) is 2. The minimum Gasteiger partial charge on any atom is -0.461 e. The van der Waals surface area contributed by atoms with Gasteiger partial charge in [0.15, 0.2) is 11.4 Å². The number of rotatable bonds is 4. The van der Waals surface area contributed by atoms with Crippen molar-refractivity contribution in [3.05, 3.63) is 46.2 Å². The van der Waals surface area contributed by atoms with Crippen molar-refractivity contribution >= 4 is 11.9 Å². The third kappa shape index (κ3) is 3.59. The fourth-order valence-corrected chi connectivity index (χ4v) is 2.98. The van der Waals surface area contributed by atoms with Crippen LogP contribution in [-0.4, -0.2) is 56.4 Å². The molecule has 1 aliphatic rings. The van der Waals surface area contributed by atoms with Crippen LogP contribution in [0.2, 0.25) is 0 Å². The standard InChI is InChI=1S/C16H19N5O4/c1-2-25-16(24)14-13(19-9-20-14)15(23)21-5-3-4-10(7-21)11-6-12(22)18-8-17-11/h6,8-10H,2-5,7H2,1H3,(H,19,20)(H,17,18,22)/t10-/m1/s1. The first-order valence-electron chi connectivity index (χ1n) is 8.14. The molecule has 0 saturated carbocycles. The smallest absolute Gasteiger partial charge is 0.357 e. The molecule has 1 atom stereocenters. The summed E-state index contributed by atoms with van der Waals surface area (Å²) in [7, 11) is 0. The molecule has 1 aliphatic heterocycles. The minimum atomic E-state index is -0.604. The fraction of sp³-hybridized carbons (Fsp3) is 0.438. The molecule has 2 aromatic heterocycles. The van der Waals surface area contributed by atoms with Gasteiger partial charge in [-0.1, -0.05) is 0 Å². The first-order chi connectivity index (χ1) is 12.1. The van der Waals surface area contributed by atoms with Crippen molar-refractivity contribution in [2.24, 2.45) is 0 Å². The second-order valence-electron chi connectivity index (χ2n) is 5.77. The maximum absolute atomic E-state index is 12.8. The minimum absolute atomic E-state index is 0.0232. The van der Waals surface area contributed by atoms with Crippen LogP contribution < -0.4 is 5.56 Å². The molecule has 0 bridgehead atoms. The van der Waals surface area contributed by atoms with Gasteiger partial charge in [0, 0.05) is 25.1 Å². The molecule has 9 heteroatoms. The fourth-order valence-electron chi connectivity index (χ4n) is 2.98. The molecule has 25 heavy (non-hydrogen) atoms. The van der Waals surface area contributed by atoms with Crippen LogP contribution in [0.15, 0.2) is 23.5 Å².